The van der Waals surface area contributed by atoms with Crippen LogP contribution in [-0.4, -0.2) is 57.1 Å². The predicted octanol–water partition coefficient (Wildman–Crippen LogP) is -1.25. The van der Waals surface area contributed by atoms with Crippen LogP contribution in [-0.2, 0) is 14.8 Å². The van der Waals surface area contributed by atoms with Gasteiger partial charge in [-0.15, -0.1) is 0 Å². The van der Waals surface area contributed by atoms with Crippen molar-refractivity contribution in [1.29, 1.82) is 0 Å². The van der Waals surface area contributed by atoms with E-state index in [1.807, 2.05) is 0 Å². The molecular formula is C10H19N3O3S. The molecule has 0 saturated carbocycles. The molecule has 0 aliphatic carbocycles. The lowest BCUT2D eigenvalue weighted by Crippen LogP contribution is -2.54. The Bertz CT molecular complexity index is 384. The largest absolute Gasteiger partial charge is 0.353 e. The monoisotopic (exact) mass is 261 g/mol. The van der Waals surface area contributed by atoms with E-state index in [1.54, 1.807) is 0 Å². The third kappa shape index (κ3) is 3.17. The van der Waals surface area contributed by atoms with E-state index in [4.69, 9.17) is 0 Å². The summed E-state index contributed by atoms with van der Waals surface area (Å²) in [5.41, 5.74) is 0. The molecule has 2 heterocycles. The molecule has 2 aliphatic rings. The highest BCUT2D eigenvalue weighted by Gasteiger charge is 2.29. The summed E-state index contributed by atoms with van der Waals surface area (Å²) in [7, 11) is -3.08. The Morgan fingerprint density at radius 2 is 1.88 bits per heavy atom. The molecule has 0 atom stereocenters. The second-order valence-electron chi connectivity index (χ2n) is 4.80. The molecule has 6 nitrogen and oxygen atoms in total. The smallest absolute Gasteiger partial charge is 0.225 e. The molecule has 7 heteroatoms. The number of sulfonamides is 1. The van der Waals surface area contributed by atoms with Crippen LogP contribution >= 0.6 is 0 Å². The molecule has 0 aromatic rings. The fourth-order valence-corrected chi connectivity index (χ4v) is 3.00. The first-order valence-electron chi connectivity index (χ1n) is 5.93. The molecule has 0 aromatic carbocycles. The summed E-state index contributed by atoms with van der Waals surface area (Å²) in [5, 5.41) is 6.05. The zero-order valence-corrected chi connectivity index (χ0v) is 10.8. The van der Waals surface area contributed by atoms with Crippen molar-refractivity contribution in [2.24, 2.45) is 5.92 Å². The maximum atomic E-state index is 11.7. The summed E-state index contributed by atoms with van der Waals surface area (Å²) < 4.78 is 24.1. The van der Waals surface area contributed by atoms with E-state index < -0.39 is 10.0 Å². The number of hydrogen-bond donors (Lipinski definition) is 2. The second-order valence-corrected chi connectivity index (χ2v) is 6.78. The van der Waals surface area contributed by atoms with Crippen LogP contribution < -0.4 is 10.6 Å². The lowest BCUT2D eigenvalue weighted by Gasteiger charge is -2.33. The molecule has 0 aromatic heterocycles. The maximum absolute atomic E-state index is 11.7. The van der Waals surface area contributed by atoms with Crippen molar-refractivity contribution in [3.05, 3.63) is 0 Å². The highest BCUT2D eigenvalue weighted by atomic mass is 32.2. The van der Waals surface area contributed by atoms with Gasteiger partial charge in [0.25, 0.3) is 0 Å². The van der Waals surface area contributed by atoms with E-state index >= 15 is 0 Å². The van der Waals surface area contributed by atoms with Crippen LogP contribution in [0.15, 0.2) is 0 Å². The van der Waals surface area contributed by atoms with Crippen LogP contribution in [0.1, 0.15) is 12.8 Å². The van der Waals surface area contributed by atoms with E-state index in [0.29, 0.717) is 25.9 Å². The van der Waals surface area contributed by atoms with Crippen LogP contribution in [0.3, 0.4) is 0 Å². The Morgan fingerprint density at radius 1 is 1.29 bits per heavy atom. The first kappa shape index (κ1) is 12.8. The number of nitrogens with one attached hydrogen (secondary N) is 2. The van der Waals surface area contributed by atoms with Gasteiger partial charge in [-0.25, -0.2) is 12.7 Å². The lowest BCUT2D eigenvalue weighted by atomic mass is 10.0. The number of piperidine rings is 1. The number of nitrogens with zero attached hydrogens (tertiary/aromatic N) is 1. The Morgan fingerprint density at radius 3 is 2.29 bits per heavy atom. The third-order valence-electron chi connectivity index (χ3n) is 3.42. The first-order valence-corrected chi connectivity index (χ1v) is 7.78. The molecule has 17 heavy (non-hydrogen) atoms. The van der Waals surface area contributed by atoms with E-state index in [0.717, 1.165) is 13.1 Å². The van der Waals surface area contributed by atoms with Crippen molar-refractivity contribution in [3.8, 4) is 0 Å². The topological polar surface area (TPSA) is 78.5 Å². The van der Waals surface area contributed by atoms with Gasteiger partial charge < -0.3 is 10.6 Å². The maximum Gasteiger partial charge on any atom is 0.225 e. The highest BCUT2D eigenvalue weighted by molar-refractivity contribution is 7.88. The Labute approximate surface area is 102 Å². The van der Waals surface area contributed by atoms with Crippen molar-refractivity contribution in [2.45, 2.75) is 18.9 Å². The van der Waals surface area contributed by atoms with Gasteiger partial charge in [-0.2, -0.15) is 0 Å². The summed E-state index contributed by atoms with van der Waals surface area (Å²) >= 11 is 0. The molecular weight excluding hydrogens is 242 g/mol. The van der Waals surface area contributed by atoms with E-state index in [1.165, 1.54) is 10.6 Å². The van der Waals surface area contributed by atoms with Crippen molar-refractivity contribution < 1.29 is 13.2 Å². The van der Waals surface area contributed by atoms with Gasteiger partial charge in [0.05, 0.1) is 12.2 Å². The molecule has 2 N–H and O–H groups in total. The summed E-state index contributed by atoms with van der Waals surface area (Å²) in [6.07, 6.45) is 2.64. The van der Waals surface area contributed by atoms with Crippen LogP contribution in [0.5, 0.6) is 0 Å². The van der Waals surface area contributed by atoms with Crippen LogP contribution in [0, 0.1) is 5.92 Å². The Hall–Kier alpha value is -0.660. The molecule has 0 unspecified atom stereocenters. The van der Waals surface area contributed by atoms with Crippen molar-refractivity contribution in [2.75, 3.05) is 32.4 Å². The van der Waals surface area contributed by atoms with E-state index in [-0.39, 0.29) is 17.9 Å². The van der Waals surface area contributed by atoms with Gasteiger partial charge in [-0.3, -0.25) is 4.79 Å². The van der Waals surface area contributed by atoms with Gasteiger partial charge in [0.15, 0.2) is 0 Å². The first-order chi connectivity index (χ1) is 7.97. The minimum Gasteiger partial charge on any atom is -0.353 e. The summed E-state index contributed by atoms with van der Waals surface area (Å²) in [6, 6.07) is 0.126. The molecule has 0 spiro atoms. The van der Waals surface area contributed by atoms with Crippen molar-refractivity contribution in [3.63, 3.8) is 0 Å². The minimum absolute atomic E-state index is 0.0987. The highest BCUT2D eigenvalue weighted by Crippen LogP contribution is 2.14. The van der Waals surface area contributed by atoms with Gasteiger partial charge in [0.2, 0.25) is 15.9 Å². The molecule has 1 amide bonds. The number of rotatable bonds is 3. The molecule has 0 radical (unpaired) electrons. The van der Waals surface area contributed by atoms with E-state index in [9.17, 15) is 13.2 Å². The average Bonchev–Trinajstić information content (AvgIpc) is 2.13. The third-order valence-corrected chi connectivity index (χ3v) is 4.72. The van der Waals surface area contributed by atoms with Crippen LogP contribution in [0.2, 0.25) is 0 Å². The molecule has 2 saturated heterocycles. The zero-order chi connectivity index (χ0) is 12.5. The van der Waals surface area contributed by atoms with Crippen LogP contribution in [0.4, 0.5) is 0 Å². The number of carbonyl (C=O) groups excluding carboxylic acids is 1. The van der Waals surface area contributed by atoms with Crippen molar-refractivity contribution >= 4 is 15.9 Å². The van der Waals surface area contributed by atoms with E-state index in [2.05, 4.69) is 10.6 Å². The quantitative estimate of drug-likeness (QED) is 0.665. The molecule has 2 fully saturated rings. The second kappa shape index (κ2) is 4.91. The minimum atomic E-state index is -3.08. The van der Waals surface area contributed by atoms with Gasteiger partial charge in [0, 0.05) is 32.2 Å². The molecule has 98 valence electrons. The lowest BCUT2D eigenvalue weighted by molar-refractivity contribution is -0.127. The predicted molar refractivity (Wildman–Crippen MR) is 63.9 cm³/mol. The van der Waals surface area contributed by atoms with Gasteiger partial charge in [-0.05, 0) is 12.8 Å². The van der Waals surface area contributed by atoms with Gasteiger partial charge in [0.1, 0.15) is 0 Å². The van der Waals surface area contributed by atoms with Gasteiger partial charge >= 0.3 is 0 Å². The Balaban J connectivity index is 1.77. The fourth-order valence-electron chi connectivity index (χ4n) is 2.12. The van der Waals surface area contributed by atoms with Crippen LogP contribution in [0.25, 0.3) is 0 Å². The fraction of sp³-hybridized carbons (Fsp3) is 0.900. The number of hydrogen-bond acceptors (Lipinski definition) is 4. The van der Waals surface area contributed by atoms with Gasteiger partial charge in [-0.1, -0.05) is 0 Å². The van der Waals surface area contributed by atoms with Crippen molar-refractivity contribution in [1.82, 2.24) is 14.9 Å². The molecule has 2 rings (SSSR count). The number of carbonyl (C=O) groups is 1. The standard InChI is InChI=1S/C10H19N3O3S/c1-17(15,16)13-4-2-9(3-5-13)12-10(14)8-6-11-7-8/h8-9,11H,2-7H2,1H3,(H,12,14). The normalized spacial score (nSPS) is 24.3. The molecule has 0 bridgehead atoms. The Kier molecular flexibility index (Phi) is 3.70. The SMILES string of the molecule is CS(=O)(=O)N1CCC(NC(=O)C2CNC2)CC1. The molecule has 2 aliphatic heterocycles. The number of amides is 1. The summed E-state index contributed by atoms with van der Waals surface area (Å²) in [5.74, 6) is 0.199. The zero-order valence-electron chi connectivity index (χ0n) is 9.98. The summed E-state index contributed by atoms with van der Waals surface area (Å²) in [4.78, 5) is 11.7. The average molecular weight is 261 g/mol. The summed E-state index contributed by atoms with van der Waals surface area (Å²) in [6.45, 7) is 2.53.